The lowest BCUT2D eigenvalue weighted by atomic mass is 10.2. The molecule has 0 aliphatic rings. The first-order valence-electron chi connectivity index (χ1n) is 8.66. The summed E-state index contributed by atoms with van der Waals surface area (Å²) in [5.41, 5.74) is 2.55. The molecule has 28 heavy (non-hydrogen) atoms. The molecule has 0 atom stereocenters. The van der Waals surface area contributed by atoms with Crippen molar-refractivity contribution in [2.24, 2.45) is 4.99 Å². The first-order chi connectivity index (χ1) is 13.6. The van der Waals surface area contributed by atoms with Crippen LogP contribution in [0.25, 0.3) is 5.65 Å². The molecule has 4 aromatic rings. The number of nitrogens with zero attached hydrogens (tertiary/aromatic N) is 3. The zero-order chi connectivity index (χ0) is 19.5. The standard InChI is InChI=1S/C22H16ClN3OS/c1-15-7-6-12-26-20(15)25-21(28-18-10-3-2-4-11-18)19(22(26)27)14-24-17-9-5-8-16(23)13-17/h2-14H,1H3. The fraction of sp³-hybridized carbons (Fsp3) is 0.0455. The monoisotopic (exact) mass is 405 g/mol. The molecule has 2 heterocycles. The molecule has 6 heteroatoms. The van der Waals surface area contributed by atoms with Crippen LogP contribution in [0.3, 0.4) is 0 Å². The third-order valence-corrected chi connectivity index (χ3v) is 5.41. The first kappa shape index (κ1) is 18.5. The van der Waals surface area contributed by atoms with E-state index in [1.54, 1.807) is 28.9 Å². The number of aromatic nitrogens is 2. The average molecular weight is 406 g/mol. The Balaban J connectivity index is 1.88. The Hall–Kier alpha value is -2.89. The van der Waals surface area contributed by atoms with Gasteiger partial charge in [0.25, 0.3) is 5.56 Å². The van der Waals surface area contributed by atoms with E-state index in [2.05, 4.69) is 4.99 Å². The van der Waals surface area contributed by atoms with E-state index in [-0.39, 0.29) is 5.56 Å². The van der Waals surface area contributed by atoms with Crippen molar-refractivity contribution < 1.29 is 0 Å². The molecular weight excluding hydrogens is 390 g/mol. The van der Waals surface area contributed by atoms with Gasteiger partial charge >= 0.3 is 0 Å². The minimum absolute atomic E-state index is 0.155. The molecule has 0 unspecified atom stereocenters. The molecule has 0 fully saturated rings. The lowest BCUT2D eigenvalue weighted by molar-refractivity contribution is 0.968. The maximum Gasteiger partial charge on any atom is 0.267 e. The van der Waals surface area contributed by atoms with Crippen molar-refractivity contribution in [2.45, 2.75) is 16.8 Å². The number of hydrogen-bond acceptors (Lipinski definition) is 4. The van der Waals surface area contributed by atoms with Gasteiger partial charge in [0.15, 0.2) is 0 Å². The maximum atomic E-state index is 13.2. The Morgan fingerprint density at radius 1 is 1.07 bits per heavy atom. The van der Waals surface area contributed by atoms with Crippen molar-refractivity contribution >= 4 is 40.9 Å². The Morgan fingerprint density at radius 2 is 1.89 bits per heavy atom. The van der Waals surface area contributed by atoms with Gasteiger partial charge < -0.3 is 0 Å². The third-order valence-electron chi connectivity index (χ3n) is 4.16. The Labute approximate surface area is 171 Å². The van der Waals surface area contributed by atoms with Crippen molar-refractivity contribution in [3.8, 4) is 0 Å². The van der Waals surface area contributed by atoms with Gasteiger partial charge in [0.1, 0.15) is 10.7 Å². The molecule has 0 radical (unpaired) electrons. The van der Waals surface area contributed by atoms with E-state index in [1.807, 2.05) is 61.5 Å². The van der Waals surface area contributed by atoms with Crippen molar-refractivity contribution in [1.29, 1.82) is 0 Å². The molecule has 0 amide bonds. The zero-order valence-corrected chi connectivity index (χ0v) is 16.6. The van der Waals surface area contributed by atoms with E-state index >= 15 is 0 Å². The molecule has 0 spiro atoms. The number of aliphatic imine (C=N–C) groups is 1. The fourth-order valence-corrected chi connectivity index (χ4v) is 3.86. The Morgan fingerprint density at radius 3 is 2.68 bits per heavy atom. The highest BCUT2D eigenvalue weighted by molar-refractivity contribution is 7.99. The van der Waals surface area contributed by atoms with E-state index in [0.29, 0.717) is 26.9 Å². The minimum atomic E-state index is -0.155. The number of benzene rings is 2. The zero-order valence-electron chi connectivity index (χ0n) is 15.0. The average Bonchev–Trinajstić information content (AvgIpc) is 2.69. The van der Waals surface area contributed by atoms with Crippen molar-refractivity contribution in [1.82, 2.24) is 9.38 Å². The number of fused-ring (bicyclic) bond motifs is 1. The van der Waals surface area contributed by atoms with Gasteiger partial charge in [0, 0.05) is 22.3 Å². The van der Waals surface area contributed by atoms with Crippen LogP contribution in [-0.2, 0) is 0 Å². The van der Waals surface area contributed by atoms with Gasteiger partial charge in [-0.3, -0.25) is 14.2 Å². The van der Waals surface area contributed by atoms with Gasteiger partial charge in [-0.25, -0.2) is 4.98 Å². The van der Waals surface area contributed by atoms with Gasteiger partial charge in [-0.1, -0.05) is 53.7 Å². The van der Waals surface area contributed by atoms with E-state index < -0.39 is 0 Å². The summed E-state index contributed by atoms with van der Waals surface area (Å²) in [6, 6.07) is 20.8. The molecule has 0 N–H and O–H groups in total. The Bertz CT molecular complexity index is 1240. The summed E-state index contributed by atoms with van der Waals surface area (Å²) in [5.74, 6) is 0. The van der Waals surface area contributed by atoms with Crippen LogP contribution >= 0.6 is 23.4 Å². The minimum Gasteiger partial charge on any atom is -0.268 e. The van der Waals surface area contributed by atoms with Crippen LogP contribution in [0, 0.1) is 6.92 Å². The van der Waals surface area contributed by atoms with E-state index in [1.165, 1.54) is 11.8 Å². The van der Waals surface area contributed by atoms with Crippen molar-refractivity contribution in [2.75, 3.05) is 0 Å². The van der Waals surface area contributed by atoms with Gasteiger partial charge in [0.05, 0.1) is 11.3 Å². The van der Waals surface area contributed by atoms with Gasteiger partial charge in [-0.05, 0) is 48.9 Å². The maximum absolute atomic E-state index is 13.2. The quantitative estimate of drug-likeness (QED) is 0.330. The second kappa shape index (κ2) is 8.00. The number of aryl methyl sites for hydroxylation is 1. The molecule has 0 saturated heterocycles. The van der Waals surface area contributed by atoms with Crippen LogP contribution in [0.15, 0.2) is 92.6 Å². The highest BCUT2D eigenvalue weighted by Gasteiger charge is 2.14. The van der Waals surface area contributed by atoms with Gasteiger partial charge in [-0.15, -0.1) is 0 Å². The number of rotatable bonds is 4. The highest BCUT2D eigenvalue weighted by Crippen LogP contribution is 2.28. The summed E-state index contributed by atoms with van der Waals surface area (Å²) in [4.78, 5) is 23.4. The molecule has 0 saturated carbocycles. The van der Waals surface area contributed by atoms with Crippen LogP contribution in [0.5, 0.6) is 0 Å². The first-order valence-corrected chi connectivity index (χ1v) is 9.86. The van der Waals surface area contributed by atoms with Crippen LogP contribution in [0.4, 0.5) is 5.69 Å². The normalized spacial score (nSPS) is 11.4. The molecule has 4 nitrogen and oxygen atoms in total. The van der Waals surface area contributed by atoms with Crippen LogP contribution in [-0.4, -0.2) is 15.6 Å². The highest BCUT2D eigenvalue weighted by atomic mass is 35.5. The lowest BCUT2D eigenvalue weighted by Crippen LogP contribution is -2.21. The van der Waals surface area contributed by atoms with Crippen LogP contribution < -0.4 is 5.56 Å². The fourth-order valence-electron chi connectivity index (χ4n) is 2.78. The van der Waals surface area contributed by atoms with Crippen LogP contribution in [0.2, 0.25) is 5.02 Å². The Kier molecular flexibility index (Phi) is 5.28. The summed E-state index contributed by atoms with van der Waals surface area (Å²) in [6.45, 7) is 1.94. The van der Waals surface area contributed by atoms with Gasteiger partial charge in [0.2, 0.25) is 0 Å². The second-order valence-corrected chi connectivity index (χ2v) is 7.67. The van der Waals surface area contributed by atoms with E-state index in [4.69, 9.17) is 16.6 Å². The predicted molar refractivity (Wildman–Crippen MR) is 115 cm³/mol. The number of hydrogen-bond donors (Lipinski definition) is 0. The van der Waals surface area contributed by atoms with E-state index in [0.717, 1.165) is 10.5 Å². The molecule has 0 bridgehead atoms. The SMILES string of the molecule is Cc1cccn2c(=O)c(C=Nc3cccc(Cl)c3)c(Sc3ccccc3)nc12. The second-order valence-electron chi connectivity index (χ2n) is 6.17. The number of halogens is 1. The molecule has 2 aromatic heterocycles. The predicted octanol–water partition coefficient (Wildman–Crippen LogP) is 5.56. The van der Waals surface area contributed by atoms with E-state index in [9.17, 15) is 4.79 Å². The summed E-state index contributed by atoms with van der Waals surface area (Å²) in [6.07, 6.45) is 3.30. The summed E-state index contributed by atoms with van der Waals surface area (Å²) < 4.78 is 1.56. The third kappa shape index (κ3) is 3.86. The van der Waals surface area contributed by atoms with Gasteiger partial charge in [-0.2, -0.15) is 0 Å². The van der Waals surface area contributed by atoms with Crippen LogP contribution in [0.1, 0.15) is 11.1 Å². The largest absolute Gasteiger partial charge is 0.268 e. The lowest BCUT2D eigenvalue weighted by Gasteiger charge is -2.09. The smallest absolute Gasteiger partial charge is 0.267 e. The summed E-state index contributed by atoms with van der Waals surface area (Å²) >= 11 is 7.48. The number of pyridine rings is 1. The molecule has 4 rings (SSSR count). The molecule has 0 aliphatic carbocycles. The molecule has 138 valence electrons. The topological polar surface area (TPSA) is 46.7 Å². The van der Waals surface area contributed by atoms with Crippen molar-refractivity contribution in [3.05, 3.63) is 99.4 Å². The van der Waals surface area contributed by atoms with Crippen molar-refractivity contribution in [3.63, 3.8) is 0 Å². The molecule has 2 aromatic carbocycles. The molecule has 0 aliphatic heterocycles. The summed E-state index contributed by atoms with van der Waals surface area (Å²) in [5, 5.41) is 1.22. The molecular formula is C22H16ClN3OS. The summed E-state index contributed by atoms with van der Waals surface area (Å²) in [7, 11) is 0.